The van der Waals surface area contributed by atoms with E-state index < -0.39 is 39.8 Å². The number of carbonyl (C=O) groups excluding carboxylic acids is 3. The summed E-state index contributed by atoms with van der Waals surface area (Å²) in [5.41, 5.74) is -1.84. The lowest BCUT2D eigenvalue weighted by Gasteiger charge is -2.66. The van der Waals surface area contributed by atoms with Gasteiger partial charge in [0.25, 0.3) is 0 Å². The average Bonchev–Trinajstić information content (AvgIpc) is 3.11. The molecule has 0 N–H and O–H groups in total. The smallest absolute Gasteiger partial charge is 0.303 e. The van der Waals surface area contributed by atoms with Gasteiger partial charge in [0.05, 0.1) is 24.0 Å². The molecule has 6 nitrogen and oxygen atoms in total. The molecule has 1 aromatic heterocycles. The molecule has 0 radical (unpaired) electrons. The molecule has 4 fully saturated rings. The van der Waals surface area contributed by atoms with Crippen LogP contribution in [0, 0.1) is 33.5 Å². The molecule has 4 aliphatic carbocycles. The van der Waals surface area contributed by atoms with Crippen LogP contribution in [-0.4, -0.2) is 35.3 Å². The fourth-order valence-corrected chi connectivity index (χ4v) is 9.60. The Labute approximate surface area is 200 Å². The van der Waals surface area contributed by atoms with E-state index in [-0.39, 0.29) is 34.9 Å². The Morgan fingerprint density at radius 1 is 1.15 bits per heavy atom. The Bertz CT molecular complexity index is 1130. The van der Waals surface area contributed by atoms with Crippen LogP contribution in [0.15, 0.2) is 35.2 Å². The van der Waals surface area contributed by atoms with Crippen molar-refractivity contribution in [3.8, 4) is 0 Å². The molecular formula is C28H34O6. The van der Waals surface area contributed by atoms with Crippen LogP contribution in [0.5, 0.6) is 0 Å². The minimum Gasteiger partial charge on any atom is -0.472 e. The Hall–Kier alpha value is -2.21. The first-order valence-electron chi connectivity index (χ1n) is 12.5. The van der Waals surface area contributed by atoms with Crippen molar-refractivity contribution in [1.82, 2.24) is 0 Å². The molecule has 1 aliphatic heterocycles. The van der Waals surface area contributed by atoms with Crippen molar-refractivity contribution in [3.63, 3.8) is 0 Å². The third-order valence-electron chi connectivity index (χ3n) is 11.0. The van der Waals surface area contributed by atoms with Crippen molar-refractivity contribution in [1.29, 1.82) is 0 Å². The summed E-state index contributed by atoms with van der Waals surface area (Å²) in [6.45, 7) is 11.6. The maximum absolute atomic E-state index is 14.6. The van der Waals surface area contributed by atoms with E-state index in [0.29, 0.717) is 0 Å². The quantitative estimate of drug-likeness (QED) is 0.467. The van der Waals surface area contributed by atoms with Gasteiger partial charge in [-0.1, -0.05) is 33.8 Å². The summed E-state index contributed by atoms with van der Waals surface area (Å²) >= 11 is 0. The van der Waals surface area contributed by atoms with Gasteiger partial charge in [0, 0.05) is 23.7 Å². The van der Waals surface area contributed by atoms with Crippen molar-refractivity contribution in [3.05, 3.63) is 36.3 Å². The lowest BCUT2D eigenvalue weighted by atomic mass is 9.36. The highest BCUT2D eigenvalue weighted by atomic mass is 16.6. The van der Waals surface area contributed by atoms with E-state index in [2.05, 4.69) is 20.8 Å². The van der Waals surface area contributed by atoms with E-state index >= 15 is 0 Å². The van der Waals surface area contributed by atoms with E-state index in [4.69, 9.17) is 13.9 Å². The number of fused-ring (bicyclic) bond motifs is 3. The van der Waals surface area contributed by atoms with E-state index in [0.717, 1.165) is 24.8 Å². The summed E-state index contributed by atoms with van der Waals surface area (Å²) < 4.78 is 17.8. The largest absolute Gasteiger partial charge is 0.472 e. The summed E-state index contributed by atoms with van der Waals surface area (Å²) in [4.78, 5) is 39.9. The molecule has 1 aromatic rings. The molecule has 34 heavy (non-hydrogen) atoms. The van der Waals surface area contributed by atoms with E-state index in [1.54, 1.807) is 12.3 Å². The standard InChI is InChI=1S/C28H34O6/c1-15(29)33-21-22-24(2,3)19(30)8-10-25(22,4)18-7-11-26(5)17(16-9-12-32-14-16)13-20-28(26,34-20)27(18,6)23(21)31/h8-10,12,14,17-18,20-22H,7,11,13H2,1-6H3/t17-,18+,20+,21+,22-,25+,26-,27-,28+/m0/s1. The zero-order chi connectivity index (χ0) is 24.5. The van der Waals surface area contributed by atoms with Crippen LogP contribution in [-0.2, 0) is 23.9 Å². The van der Waals surface area contributed by atoms with Crippen molar-refractivity contribution < 1.29 is 28.3 Å². The highest BCUT2D eigenvalue weighted by Crippen LogP contribution is 2.81. The maximum atomic E-state index is 14.6. The van der Waals surface area contributed by atoms with Crippen LogP contribution < -0.4 is 0 Å². The highest BCUT2D eigenvalue weighted by molar-refractivity contribution is 6.00. The molecule has 3 saturated carbocycles. The van der Waals surface area contributed by atoms with Gasteiger partial charge < -0.3 is 13.9 Å². The van der Waals surface area contributed by atoms with E-state index in [1.165, 1.54) is 6.92 Å². The average molecular weight is 467 g/mol. The zero-order valence-corrected chi connectivity index (χ0v) is 20.8. The molecule has 182 valence electrons. The number of rotatable bonds is 2. The van der Waals surface area contributed by atoms with Crippen LogP contribution in [0.25, 0.3) is 0 Å². The minimum absolute atomic E-state index is 0.0190. The SMILES string of the molecule is CC(=O)O[C@H]1C(=O)[C@]2(C)[C@H](CC[C@@]3(C)[C@H](c4ccoc4)C[C@H]4O[C@]432)[C@@]2(C)C=CC(=O)C(C)(C)[C@H]12. The summed E-state index contributed by atoms with van der Waals surface area (Å²) in [6, 6.07) is 2.03. The fourth-order valence-electron chi connectivity index (χ4n) is 9.60. The van der Waals surface area contributed by atoms with Gasteiger partial charge in [0.2, 0.25) is 0 Å². The monoisotopic (exact) mass is 466 g/mol. The fraction of sp³-hybridized carbons (Fsp3) is 0.679. The number of carbonyl (C=O) groups is 3. The molecule has 6 rings (SSSR count). The molecule has 0 bridgehead atoms. The summed E-state index contributed by atoms with van der Waals surface area (Å²) in [7, 11) is 0. The maximum Gasteiger partial charge on any atom is 0.303 e. The second-order valence-electron chi connectivity index (χ2n) is 12.6. The van der Waals surface area contributed by atoms with Gasteiger partial charge in [-0.3, -0.25) is 14.4 Å². The first-order chi connectivity index (χ1) is 15.9. The topological polar surface area (TPSA) is 86.1 Å². The van der Waals surface area contributed by atoms with Gasteiger partial charge in [-0.25, -0.2) is 0 Å². The number of ether oxygens (including phenoxy) is 2. The first-order valence-corrected chi connectivity index (χ1v) is 12.5. The number of ketones is 2. The molecule has 0 amide bonds. The van der Waals surface area contributed by atoms with Crippen molar-refractivity contribution in [2.45, 2.75) is 84.5 Å². The molecule has 1 spiro atoms. The Morgan fingerprint density at radius 3 is 2.53 bits per heavy atom. The normalized spacial score (nSPS) is 50.1. The van der Waals surface area contributed by atoms with Gasteiger partial charge in [-0.05, 0) is 61.1 Å². The third-order valence-corrected chi connectivity index (χ3v) is 11.0. The van der Waals surface area contributed by atoms with Gasteiger partial charge in [-0.2, -0.15) is 0 Å². The van der Waals surface area contributed by atoms with Gasteiger partial charge in [0.15, 0.2) is 17.7 Å². The summed E-state index contributed by atoms with van der Waals surface area (Å²) in [5.74, 6) is -0.790. The predicted octanol–water partition coefficient (Wildman–Crippen LogP) is 4.63. The van der Waals surface area contributed by atoms with Crippen molar-refractivity contribution in [2.75, 3.05) is 0 Å². The van der Waals surface area contributed by atoms with Crippen LogP contribution in [0.4, 0.5) is 0 Å². The number of epoxide rings is 1. The van der Waals surface area contributed by atoms with Gasteiger partial charge in [-0.15, -0.1) is 0 Å². The molecular weight excluding hydrogens is 432 g/mol. The second kappa shape index (κ2) is 6.31. The number of Topliss-reactive ketones (excluding diaryl/α,β-unsaturated/α-hetero) is 1. The zero-order valence-electron chi connectivity index (χ0n) is 20.8. The Kier molecular flexibility index (Phi) is 4.13. The highest BCUT2D eigenvalue weighted by Gasteiger charge is 2.88. The van der Waals surface area contributed by atoms with Crippen molar-refractivity contribution >= 4 is 17.5 Å². The minimum atomic E-state index is -0.984. The van der Waals surface area contributed by atoms with Gasteiger partial charge >= 0.3 is 5.97 Å². The molecule has 6 heteroatoms. The van der Waals surface area contributed by atoms with E-state index in [1.807, 2.05) is 32.3 Å². The summed E-state index contributed by atoms with van der Waals surface area (Å²) in [5, 5.41) is 0. The van der Waals surface area contributed by atoms with Crippen LogP contribution >= 0.6 is 0 Å². The Morgan fingerprint density at radius 2 is 1.88 bits per heavy atom. The predicted molar refractivity (Wildman–Crippen MR) is 123 cm³/mol. The third kappa shape index (κ3) is 2.21. The van der Waals surface area contributed by atoms with Crippen molar-refractivity contribution in [2.24, 2.45) is 33.5 Å². The van der Waals surface area contributed by atoms with Gasteiger partial charge in [0.1, 0.15) is 5.60 Å². The molecule has 9 atom stereocenters. The summed E-state index contributed by atoms with van der Waals surface area (Å²) in [6.07, 6.45) is 8.86. The lowest BCUT2D eigenvalue weighted by molar-refractivity contribution is -0.213. The first kappa shape index (κ1) is 22.3. The molecule has 5 aliphatic rings. The lowest BCUT2D eigenvalue weighted by Crippen LogP contribution is -2.73. The number of allylic oxidation sites excluding steroid dienone is 2. The molecule has 2 heterocycles. The number of esters is 1. The Balaban J connectivity index is 1.54. The molecule has 1 saturated heterocycles. The number of hydrogen-bond donors (Lipinski definition) is 0. The number of hydrogen-bond acceptors (Lipinski definition) is 6. The van der Waals surface area contributed by atoms with Crippen LogP contribution in [0.2, 0.25) is 0 Å². The van der Waals surface area contributed by atoms with Crippen LogP contribution in [0.1, 0.15) is 72.3 Å². The molecule has 0 unspecified atom stereocenters. The van der Waals surface area contributed by atoms with Crippen LogP contribution in [0.3, 0.4) is 0 Å². The second-order valence-corrected chi connectivity index (χ2v) is 12.6. The molecule has 0 aromatic carbocycles. The van der Waals surface area contributed by atoms with E-state index in [9.17, 15) is 14.4 Å². The number of furan rings is 1.